The molecule has 0 spiro atoms. The minimum Gasteiger partial charge on any atom is -0.461 e. The van der Waals surface area contributed by atoms with E-state index in [1.807, 2.05) is 13.0 Å². The van der Waals surface area contributed by atoms with Gasteiger partial charge in [-0.15, -0.1) is 5.10 Å². The van der Waals surface area contributed by atoms with Crippen molar-refractivity contribution < 1.29 is 8.94 Å². The molecule has 0 bridgehead atoms. The SMILES string of the molecule is Cc1cc(C(C)N2CCN(c3nc(N)n4nc(-c5ccco5)nc4n3)CC2)no1. The Kier molecular flexibility index (Phi) is 4.16. The molecule has 4 aromatic rings. The van der Waals surface area contributed by atoms with Crippen LogP contribution in [0.3, 0.4) is 0 Å². The Hall–Kier alpha value is -3.47. The molecule has 4 aromatic heterocycles. The van der Waals surface area contributed by atoms with Crippen LogP contribution in [0.15, 0.2) is 33.4 Å². The lowest BCUT2D eigenvalue weighted by Crippen LogP contribution is -2.47. The second-order valence-corrected chi connectivity index (χ2v) is 7.07. The second kappa shape index (κ2) is 6.85. The zero-order valence-corrected chi connectivity index (χ0v) is 16.2. The normalized spacial score (nSPS) is 16.6. The van der Waals surface area contributed by atoms with Gasteiger partial charge in [-0.05, 0) is 26.0 Å². The third kappa shape index (κ3) is 3.18. The standard InChI is InChI=1S/C18H21N9O2/c1-11-10-13(24-29-11)12(2)25-5-7-26(8-6-25)17-21-16(19)27-18(22-17)20-15(23-27)14-4-3-9-28-14/h3-4,9-10,12H,5-8H2,1-2H3,(H2,19,20,21,22,23). The summed E-state index contributed by atoms with van der Waals surface area (Å²) in [5.41, 5.74) is 7.06. The molecule has 0 saturated carbocycles. The van der Waals surface area contributed by atoms with Crippen LogP contribution in [0.1, 0.15) is 24.4 Å². The monoisotopic (exact) mass is 395 g/mol. The van der Waals surface area contributed by atoms with Crippen LogP contribution in [0, 0.1) is 6.92 Å². The van der Waals surface area contributed by atoms with E-state index in [1.54, 1.807) is 18.4 Å². The molecular formula is C18H21N9O2. The molecule has 5 heterocycles. The Bertz CT molecular complexity index is 1130. The number of nitrogens with zero attached hydrogens (tertiary/aromatic N) is 8. The van der Waals surface area contributed by atoms with E-state index in [0.717, 1.165) is 37.6 Å². The molecule has 11 nitrogen and oxygen atoms in total. The maximum Gasteiger partial charge on any atom is 0.259 e. The summed E-state index contributed by atoms with van der Waals surface area (Å²) in [6.45, 7) is 7.30. The van der Waals surface area contributed by atoms with Crippen LogP contribution in [-0.2, 0) is 0 Å². The summed E-state index contributed by atoms with van der Waals surface area (Å²) in [4.78, 5) is 17.9. The van der Waals surface area contributed by atoms with Crippen LogP contribution in [0.4, 0.5) is 11.9 Å². The number of aromatic nitrogens is 6. The zero-order chi connectivity index (χ0) is 20.0. The topological polar surface area (TPSA) is 128 Å². The van der Waals surface area contributed by atoms with Crippen molar-refractivity contribution in [1.29, 1.82) is 0 Å². The van der Waals surface area contributed by atoms with E-state index in [4.69, 9.17) is 14.7 Å². The first-order valence-corrected chi connectivity index (χ1v) is 9.45. The van der Waals surface area contributed by atoms with E-state index in [-0.39, 0.29) is 12.0 Å². The van der Waals surface area contributed by atoms with E-state index in [9.17, 15) is 0 Å². The maximum atomic E-state index is 6.11. The molecule has 0 radical (unpaired) electrons. The molecule has 0 aliphatic carbocycles. The fourth-order valence-electron chi connectivity index (χ4n) is 3.52. The minimum absolute atomic E-state index is 0.190. The summed E-state index contributed by atoms with van der Waals surface area (Å²) in [6.07, 6.45) is 1.57. The van der Waals surface area contributed by atoms with Crippen LogP contribution in [0.2, 0.25) is 0 Å². The number of hydrogen-bond acceptors (Lipinski definition) is 10. The van der Waals surface area contributed by atoms with Crippen LogP contribution in [-0.4, -0.2) is 60.8 Å². The van der Waals surface area contributed by atoms with E-state index in [0.29, 0.717) is 23.3 Å². The van der Waals surface area contributed by atoms with Gasteiger partial charge in [0, 0.05) is 32.2 Å². The molecule has 150 valence electrons. The molecule has 1 atom stereocenters. The number of anilines is 2. The highest BCUT2D eigenvalue weighted by molar-refractivity contribution is 5.53. The van der Waals surface area contributed by atoms with E-state index < -0.39 is 0 Å². The molecule has 0 amide bonds. The van der Waals surface area contributed by atoms with Gasteiger partial charge in [-0.1, -0.05) is 5.16 Å². The summed E-state index contributed by atoms with van der Waals surface area (Å²) < 4.78 is 12.0. The van der Waals surface area contributed by atoms with E-state index in [2.05, 4.69) is 41.9 Å². The van der Waals surface area contributed by atoms with Gasteiger partial charge in [0.15, 0.2) is 5.76 Å². The van der Waals surface area contributed by atoms with Crippen LogP contribution >= 0.6 is 0 Å². The quantitative estimate of drug-likeness (QED) is 0.543. The van der Waals surface area contributed by atoms with Gasteiger partial charge in [-0.2, -0.15) is 19.5 Å². The largest absolute Gasteiger partial charge is 0.461 e. The Morgan fingerprint density at radius 2 is 1.97 bits per heavy atom. The van der Waals surface area contributed by atoms with Gasteiger partial charge in [-0.3, -0.25) is 4.90 Å². The molecular weight excluding hydrogens is 374 g/mol. The third-order valence-electron chi connectivity index (χ3n) is 5.18. The lowest BCUT2D eigenvalue weighted by molar-refractivity contribution is 0.190. The number of rotatable bonds is 4. The van der Waals surface area contributed by atoms with Gasteiger partial charge in [-0.25, -0.2) is 0 Å². The molecule has 29 heavy (non-hydrogen) atoms. The predicted molar refractivity (Wildman–Crippen MR) is 104 cm³/mol. The summed E-state index contributed by atoms with van der Waals surface area (Å²) >= 11 is 0. The highest BCUT2D eigenvalue weighted by Gasteiger charge is 2.26. The number of fused-ring (bicyclic) bond motifs is 1. The van der Waals surface area contributed by atoms with Crippen molar-refractivity contribution in [2.24, 2.45) is 0 Å². The Morgan fingerprint density at radius 3 is 2.66 bits per heavy atom. The van der Waals surface area contributed by atoms with Crippen LogP contribution < -0.4 is 10.6 Å². The summed E-state index contributed by atoms with van der Waals surface area (Å²) in [5.74, 6) is 3.00. The van der Waals surface area contributed by atoms with Gasteiger partial charge in [0.25, 0.3) is 5.78 Å². The smallest absolute Gasteiger partial charge is 0.259 e. The van der Waals surface area contributed by atoms with Crippen molar-refractivity contribution in [2.45, 2.75) is 19.9 Å². The molecule has 5 rings (SSSR count). The molecule has 0 aromatic carbocycles. The molecule has 2 N–H and O–H groups in total. The predicted octanol–water partition coefficient (Wildman–Crippen LogP) is 1.54. The van der Waals surface area contributed by atoms with E-state index in [1.165, 1.54) is 4.52 Å². The van der Waals surface area contributed by atoms with Crippen molar-refractivity contribution in [3.8, 4) is 11.6 Å². The Labute approximate surface area is 166 Å². The lowest BCUT2D eigenvalue weighted by Gasteiger charge is -2.37. The highest BCUT2D eigenvalue weighted by Crippen LogP contribution is 2.23. The average Bonchev–Trinajstić information content (AvgIpc) is 3.47. The number of nitrogens with two attached hydrogens (primary N) is 1. The number of hydrogen-bond donors (Lipinski definition) is 1. The third-order valence-corrected chi connectivity index (χ3v) is 5.18. The molecule has 1 aliphatic rings. The fourth-order valence-corrected chi connectivity index (χ4v) is 3.52. The van der Waals surface area contributed by atoms with Crippen molar-refractivity contribution in [3.63, 3.8) is 0 Å². The number of piperazine rings is 1. The number of nitrogen functional groups attached to an aromatic ring is 1. The minimum atomic E-state index is 0.190. The van der Waals surface area contributed by atoms with Crippen LogP contribution in [0.25, 0.3) is 17.4 Å². The van der Waals surface area contributed by atoms with Gasteiger partial charge in [0.2, 0.25) is 17.7 Å². The number of aryl methyl sites for hydroxylation is 1. The Balaban J connectivity index is 1.34. The van der Waals surface area contributed by atoms with Gasteiger partial charge < -0.3 is 19.6 Å². The van der Waals surface area contributed by atoms with Gasteiger partial charge >= 0.3 is 0 Å². The van der Waals surface area contributed by atoms with Crippen molar-refractivity contribution in [2.75, 3.05) is 36.8 Å². The van der Waals surface area contributed by atoms with E-state index >= 15 is 0 Å². The average molecular weight is 395 g/mol. The van der Waals surface area contributed by atoms with Gasteiger partial charge in [0.05, 0.1) is 12.3 Å². The molecule has 1 fully saturated rings. The molecule has 11 heteroatoms. The maximum absolute atomic E-state index is 6.11. The summed E-state index contributed by atoms with van der Waals surface area (Å²) in [5, 5.41) is 8.47. The summed E-state index contributed by atoms with van der Waals surface area (Å²) in [7, 11) is 0. The number of furan rings is 1. The lowest BCUT2D eigenvalue weighted by atomic mass is 10.1. The molecule has 1 saturated heterocycles. The van der Waals surface area contributed by atoms with Crippen LogP contribution in [0.5, 0.6) is 0 Å². The van der Waals surface area contributed by atoms with Crippen molar-refractivity contribution in [3.05, 3.63) is 35.9 Å². The first-order chi connectivity index (χ1) is 14.1. The second-order valence-electron chi connectivity index (χ2n) is 7.07. The van der Waals surface area contributed by atoms with Gasteiger partial charge in [0.1, 0.15) is 11.5 Å². The summed E-state index contributed by atoms with van der Waals surface area (Å²) in [6, 6.07) is 5.74. The first kappa shape index (κ1) is 17.6. The first-order valence-electron chi connectivity index (χ1n) is 9.45. The zero-order valence-electron chi connectivity index (χ0n) is 16.2. The Morgan fingerprint density at radius 1 is 1.14 bits per heavy atom. The molecule has 1 aliphatic heterocycles. The molecule has 1 unspecified atom stereocenters. The fraction of sp³-hybridized carbons (Fsp3) is 0.389. The van der Waals surface area contributed by atoms with Crippen molar-refractivity contribution >= 4 is 17.7 Å². The van der Waals surface area contributed by atoms with Crippen molar-refractivity contribution in [1.82, 2.24) is 34.6 Å². The highest BCUT2D eigenvalue weighted by atomic mass is 16.5.